The highest BCUT2D eigenvalue weighted by atomic mass is 16.2. The van der Waals surface area contributed by atoms with Crippen molar-refractivity contribution in [3.63, 3.8) is 0 Å². The molecule has 25 heavy (non-hydrogen) atoms. The van der Waals surface area contributed by atoms with Crippen LogP contribution in [0.4, 0.5) is 0 Å². The van der Waals surface area contributed by atoms with E-state index in [-0.39, 0.29) is 5.91 Å². The lowest BCUT2D eigenvalue weighted by atomic mass is 10.0. The monoisotopic (exact) mass is 339 g/mol. The minimum Gasteiger partial charge on any atom is -0.339 e. The number of hydrogen-bond acceptors (Lipinski definition) is 1. The average Bonchev–Trinajstić information content (AvgIpc) is 2.66. The van der Waals surface area contributed by atoms with Gasteiger partial charge in [-0.2, -0.15) is 0 Å². The fourth-order valence-electron chi connectivity index (χ4n) is 3.33. The Morgan fingerprint density at radius 1 is 0.760 bits per heavy atom. The zero-order valence-electron chi connectivity index (χ0n) is 16.0. The summed E-state index contributed by atoms with van der Waals surface area (Å²) in [5.41, 5.74) is 0.847. The van der Waals surface area contributed by atoms with Crippen molar-refractivity contribution in [1.82, 2.24) is 4.90 Å². The van der Waals surface area contributed by atoms with Crippen molar-refractivity contribution >= 4 is 16.7 Å². The van der Waals surface area contributed by atoms with Gasteiger partial charge < -0.3 is 4.90 Å². The number of fused-ring (bicyclic) bond motifs is 1. The molecule has 0 bridgehead atoms. The van der Waals surface area contributed by atoms with Crippen LogP contribution in [0.2, 0.25) is 0 Å². The molecule has 2 aromatic carbocycles. The Bertz CT molecular complexity index is 644. The van der Waals surface area contributed by atoms with Gasteiger partial charge in [0.1, 0.15) is 0 Å². The van der Waals surface area contributed by atoms with Gasteiger partial charge in [-0.15, -0.1) is 0 Å². The fraction of sp³-hybridized carbons (Fsp3) is 0.522. The van der Waals surface area contributed by atoms with E-state index in [4.69, 9.17) is 0 Å². The number of rotatable bonds is 11. The first kappa shape index (κ1) is 19.5. The first-order chi connectivity index (χ1) is 12.3. The van der Waals surface area contributed by atoms with Gasteiger partial charge in [-0.1, -0.05) is 88.8 Å². The molecule has 136 valence electrons. The highest BCUT2D eigenvalue weighted by Gasteiger charge is 2.17. The van der Waals surface area contributed by atoms with Crippen LogP contribution in [-0.4, -0.2) is 23.9 Å². The number of unbranched alkanes of at least 4 members (excludes halogenated alkanes) is 6. The van der Waals surface area contributed by atoms with E-state index in [1.807, 2.05) is 24.3 Å². The van der Waals surface area contributed by atoms with Gasteiger partial charge in [0.15, 0.2) is 0 Å². The van der Waals surface area contributed by atoms with Crippen molar-refractivity contribution in [2.45, 2.75) is 65.2 Å². The van der Waals surface area contributed by atoms with E-state index in [1.54, 1.807) is 0 Å². The van der Waals surface area contributed by atoms with Crippen LogP contribution in [0, 0.1) is 0 Å². The Morgan fingerprint density at radius 3 is 2.20 bits per heavy atom. The van der Waals surface area contributed by atoms with E-state index in [2.05, 4.69) is 36.9 Å². The molecule has 2 nitrogen and oxygen atoms in total. The molecule has 0 aliphatic carbocycles. The number of hydrogen-bond donors (Lipinski definition) is 0. The molecule has 0 saturated heterocycles. The van der Waals surface area contributed by atoms with Crippen LogP contribution < -0.4 is 0 Å². The van der Waals surface area contributed by atoms with Crippen LogP contribution in [0.25, 0.3) is 10.8 Å². The molecule has 0 aliphatic rings. The number of nitrogens with zero attached hydrogens (tertiary/aromatic N) is 1. The average molecular weight is 340 g/mol. The number of benzene rings is 2. The molecule has 0 aromatic heterocycles. The zero-order valence-corrected chi connectivity index (χ0v) is 16.0. The Hall–Kier alpha value is -1.83. The van der Waals surface area contributed by atoms with Crippen molar-refractivity contribution in [3.8, 4) is 0 Å². The summed E-state index contributed by atoms with van der Waals surface area (Å²) in [5, 5.41) is 2.21. The third-order valence-electron chi connectivity index (χ3n) is 4.87. The van der Waals surface area contributed by atoms with Crippen LogP contribution in [0.15, 0.2) is 42.5 Å². The molecule has 2 rings (SSSR count). The molecule has 0 spiro atoms. The maximum absolute atomic E-state index is 13.2. The summed E-state index contributed by atoms with van der Waals surface area (Å²) in [6, 6.07) is 14.2. The maximum Gasteiger partial charge on any atom is 0.254 e. The van der Waals surface area contributed by atoms with Gasteiger partial charge in [0.05, 0.1) is 0 Å². The summed E-state index contributed by atoms with van der Waals surface area (Å²) in [5.74, 6) is 0.193. The second kappa shape index (κ2) is 10.9. The minimum atomic E-state index is 0.193. The molecule has 0 unspecified atom stereocenters. The predicted octanol–water partition coefficient (Wildman–Crippen LogP) is 6.44. The van der Waals surface area contributed by atoms with Crippen LogP contribution in [0.3, 0.4) is 0 Å². The second-order valence-corrected chi connectivity index (χ2v) is 6.94. The Labute approximate surface area is 153 Å². The lowest BCUT2D eigenvalue weighted by molar-refractivity contribution is 0.0752. The fourth-order valence-corrected chi connectivity index (χ4v) is 3.33. The lowest BCUT2D eigenvalue weighted by Crippen LogP contribution is -2.33. The van der Waals surface area contributed by atoms with Gasteiger partial charge in [0, 0.05) is 18.7 Å². The zero-order chi connectivity index (χ0) is 17.9. The van der Waals surface area contributed by atoms with Gasteiger partial charge >= 0.3 is 0 Å². The highest BCUT2D eigenvalue weighted by Crippen LogP contribution is 2.20. The van der Waals surface area contributed by atoms with E-state index < -0.39 is 0 Å². The van der Waals surface area contributed by atoms with Crippen LogP contribution >= 0.6 is 0 Å². The summed E-state index contributed by atoms with van der Waals surface area (Å²) in [4.78, 5) is 15.2. The summed E-state index contributed by atoms with van der Waals surface area (Å²) in [6.07, 6.45) is 9.76. The summed E-state index contributed by atoms with van der Waals surface area (Å²) < 4.78 is 0. The van der Waals surface area contributed by atoms with Crippen LogP contribution in [0.1, 0.15) is 75.6 Å². The lowest BCUT2D eigenvalue weighted by Gasteiger charge is -2.23. The molecule has 0 atom stereocenters. The van der Waals surface area contributed by atoms with Crippen molar-refractivity contribution in [2.24, 2.45) is 0 Å². The maximum atomic E-state index is 13.2. The highest BCUT2D eigenvalue weighted by molar-refractivity contribution is 6.07. The molecule has 0 aliphatic heterocycles. The third kappa shape index (κ3) is 5.88. The summed E-state index contributed by atoms with van der Waals surface area (Å²) >= 11 is 0. The van der Waals surface area contributed by atoms with Crippen molar-refractivity contribution in [3.05, 3.63) is 48.0 Å². The van der Waals surface area contributed by atoms with Gasteiger partial charge in [-0.05, 0) is 29.7 Å². The summed E-state index contributed by atoms with van der Waals surface area (Å²) in [6.45, 7) is 6.18. The van der Waals surface area contributed by atoms with Crippen molar-refractivity contribution in [2.75, 3.05) is 13.1 Å². The molecule has 0 N–H and O–H groups in total. The van der Waals surface area contributed by atoms with E-state index in [0.29, 0.717) is 0 Å². The number of carbonyl (C=O) groups excluding carboxylic acids is 1. The standard InChI is InChI=1S/C23H33NO/c1-3-5-7-8-9-12-19-24(18-6-4-2)23(25)22-17-13-15-20-14-10-11-16-21(20)22/h10-11,13-17H,3-9,12,18-19H2,1-2H3. The van der Waals surface area contributed by atoms with Gasteiger partial charge in [-0.3, -0.25) is 4.79 Å². The largest absolute Gasteiger partial charge is 0.339 e. The Morgan fingerprint density at radius 2 is 1.40 bits per heavy atom. The molecular formula is C23H33NO. The SMILES string of the molecule is CCCCCCCCN(CCCC)C(=O)c1cccc2ccccc12. The van der Waals surface area contributed by atoms with Gasteiger partial charge in [0.2, 0.25) is 0 Å². The quantitative estimate of drug-likeness (QED) is 0.431. The molecule has 0 fully saturated rings. The summed E-state index contributed by atoms with van der Waals surface area (Å²) in [7, 11) is 0. The van der Waals surface area contributed by atoms with E-state index in [1.165, 1.54) is 32.1 Å². The molecule has 0 heterocycles. The Balaban J connectivity index is 2.04. The molecule has 2 aromatic rings. The predicted molar refractivity (Wildman–Crippen MR) is 108 cm³/mol. The smallest absolute Gasteiger partial charge is 0.254 e. The van der Waals surface area contributed by atoms with Gasteiger partial charge in [0.25, 0.3) is 5.91 Å². The molecule has 0 saturated carbocycles. The molecule has 1 amide bonds. The van der Waals surface area contributed by atoms with E-state index in [0.717, 1.165) is 48.7 Å². The van der Waals surface area contributed by atoms with Crippen LogP contribution in [-0.2, 0) is 0 Å². The number of carbonyl (C=O) groups is 1. The van der Waals surface area contributed by atoms with E-state index in [9.17, 15) is 4.79 Å². The topological polar surface area (TPSA) is 20.3 Å². The number of amides is 1. The molecule has 0 radical (unpaired) electrons. The Kier molecular flexibility index (Phi) is 8.51. The van der Waals surface area contributed by atoms with Gasteiger partial charge in [-0.25, -0.2) is 0 Å². The first-order valence-electron chi connectivity index (χ1n) is 10.0. The van der Waals surface area contributed by atoms with Crippen molar-refractivity contribution in [1.29, 1.82) is 0 Å². The molecule has 2 heteroatoms. The minimum absolute atomic E-state index is 0.193. The van der Waals surface area contributed by atoms with Crippen LogP contribution in [0.5, 0.6) is 0 Å². The van der Waals surface area contributed by atoms with E-state index >= 15 is 0 Å². The normalized spacial score (nSPS) is 11.0. The third-order valence-corrected chi connectivity index (χ3v) is 4.87. The second-order valence-electron chi connectivity index (χ2n) is 6.94. The van der Waals surface area contributed by atoms with Crippen molar-refractivity contribution < 1.29 is 4.79 Å². The molecular weight excluding hydrogens is 306 g/mol. The first-order valence-corrected chi connectivity index (χ1v) is 10.0.